The van der Waals surface area contributed by atoms with E-state index in [9.17, 15) is 14.0 Å². The number of nitrogens with zero attached hydrogens (tertiary/aromatic N) is 3. The third-order valence-corrected chi connectivity index (χ3v) is 5.94. The number of nitrogens with one attached hydrogen (secondary N) is 2. The second kappa shape index (κ2) is 9.08. The molecule has 1 aliphatic heterocycles. The topological polar surface area (TPSA) is 79.3 Å². The summed E-state index contributed by atoms with van der Waals surface area (Å²) in [6.07, 6.45) is 0.854. The number of carbonyl (C=O) groups excluding carboxylic acids is 2. The quantitative estimate of drug-likeness (QED) is 0.685. The lowest BCUT2D eigenvalue weighted by molar-refractivity contribution is -0.124. The highest BCUT2D eigenvalue weighted by molar-refractivity contribution is 9.10. The molecule has 2 N–H and O–H groups in total. The van der Waals surface area contributed by atoms with Crippen LogP contribution < -0.4 is 10.6 Å². The van der Waals surface area contributed by atoms with Gasteiger partial charge in [0.25, 0.3) is 5.91 Å². The first-order valence-electron chi connectivity index (χ1n) is 10.3. The Kier molecular flexibility index (Phi) is 6.85. The summed E-state index contributed by atoms with van der Waals surface area (Å²) in [5.74, 6) is -0.703. The molecular formula is C22H29BrFN5O2. The minimum absolute atomic E-state index is 0.223. The number of likely N-dealkylation sites (N-methyl/N-ethyl adjacent to an activating group) is 1. The Morgan fingerprint density at radius 1 is 1.26 bits per heavy atom. The molecule has 2 amide bonds. The molecule has 0 bridgehead atoms. The van der Waals surface area contributed by atoms with Crippen LogP contribution in [0.4, 0.5) is 4.39 Å². The van der Waals surface area contributed by atoms with Crippen LogP contribution >= 0.6 is 15.9 Å². The molecule has 0 saturated heterocycles. The van der Waals surface area contributed by atoms with E-state index >= 15 is 0 Å². The third kappa shape index (κ3) is 4.98. The SMILES string of the molecule is CNC(=O)[C@@H](NC(=O)c1nc(-c2cc(Br)ccc2F)n2c1CN(C)CCC2)C(C)(C)C. The van der Waals surface area contributed by atoms with E-state index in [2.05, 4.69) is 36.4 Å². The van der Waals surface area contributed by atoms with Crippen molar-refractivity contribution in [2.75, 3.05) is 20.6 Å². The maximum atomic E-state index is 14.7. The van der Waals surface area contributed by atoms with Crippen LogP contribution in [-0.4, -0.2) is 52.9 Å². The smallest absolute Gasteiger partial charge is 0.272 e. The van der Waals surface area contributed by atoms with E-state index in [1.807, 2.05) is 32.4 Å². The molecule has 1 aromatic carbocycles. The van der Waals surface area contributed by atoms with Crippen molar-refractivity contribution in [3.63, 3.8) is 0 Å². The fourth-order valence-electron chi connectivity index (χ4n) is 3.80. The van der Waals surface area contributed by atoms with E-state index in [-0.39, 0.29) is 11.6 Å². The van der Waals surface area contributed by atoms with Crippen molar-refractivity contribution < 1.29 is 14.0 Å². The van der Waals surface area contributed by atoms with Gasteiger partial charge in [-0.25, -0.2) is 9.37 Å². The second-order valence-electron chi connectivity index (χ2n) is 8.98. The first kappa shape index (κ1) is 23.4. The molecule has 0 unspecified atom stereocenters. The molecule has 3 rings (SSSR count). The van der Waals surface area contributed by atoms with Crippen LogP contribution in [0.15, 0.2) is 22.7 Å². The van der Waals surface area contributed by atoms with Gasteiger partial charge in [0.2, 0.25) is 5.91 Å². The van der Waals surface area contributed by atoms with Crippen molar-refractivity contribution in [3.8, 4) is 11.4 Å². The molecule has 0 fully saturated rings. The normalized spacial score (nSPS) is 15.7. The van der Waals surface area contributed by atoms with Crippen molar-refractivity contribution in [1.29, 1.82) is 0 Å². The lowest BCUT2D eigenvalue weighted by Crippen LogP contribution is -2.53. The second-order valence-corrected chi connectivity index (χ2v) is 9.90. The molecule has 9 heteroatoms. The van der Waals surface area contributed by atoms with Crippen molar-refractivity contribution in [3.05, 3.63) is 39.9 Å². The third-order valence-electron chi connectivity index (χ3n) is 5.45. The Bertz CT molecular complexity index is 999. The lowest BCUT2D eigenvalue weighted by Gasteiger charge is -2.29. The summed E-state index contributed by atoms with van der Waals surface area (Å²) in [4.78, 5) is 32.4. The summed E-state index contributed by atoms with van der Waals surface area (Å²) < 4.78 is 17.3. The molecule has 0 aliphatic carbocycles. The number of aromatic nitrogens is 2. The van der Waals surface area contributed by atoms with Crippen LogP contribution in [0, 0.1) is 11.2 Å². The summed E-state index contributed by atoms with van der Waals surface area (Å²) in [5.41, 5.74) is 0.776. The van der Waals surface area contributed by atoms with Gasteiger partial charge in [-0.2, -0.15) is 0 Å². The molecule has 1 atom stereocenters. The standard InChI is InChI=1S/C22H29BrFN5O2/c1-22(2,3)18(21(31)25-4)27-20(30)17-16-12-28(5)9-6-10-29(16)19(26-17)14-11-13(23)7-8-15(14)24/h7-8,11,18H,6,9-10,12H2,1-5H3,(H,25,31)(H,27,30)/t18-/m1/s1. The number of halogens is 2. The number of amides is 2. The molecule has 0 spiro atoms. The highest BCUT2D eigenvalue weighted by Crippen LogP contribution is 2.30. The van der Waals surface area contributed by atoms with Crippen LogP contribution in [0.5, 0.6) is 0 Å². The predicted octanol–water partition coefficient (Wildman–Crippen LogP) is 3.18. The van der Waals surface area contributed by atoms with Gasteiger partial charge in [-0.1, -0.05) is 36.7 Å². The Labute approximate surface area is 190 Å². The minimum Gasteiger partial charge on any atom is -0.357 e. The Morgan fingerprint density at radius 2 is 1.97 bits per heavy atom. The van der Waals surface area contributed by atoms with Gasteiger partial charge in [-0.05, 0) is 43.6 Å². The molecule has 2 heterocycles. The van der Waals surface area contributed by atoms with Crippen molar-refractivity contribution in [2.45, 2.75) is 46.3 Å². The zero-order valence-electron chi connectivity index (χ0n) is 18.6. The van der Waals surface area contributed by atoms with E-state index in [1.165, 1.54) is 6.07 Å². The molecule has 168 valence electrons. The Balaban J connectivity index is 2.10. The van der Waals surface area contributed by atoms with Crippen molar-refractivity contribution >= 4 is 27.7 Å². The van der Waals surface area contributed by atoms with Gasteiger partial charge in [0.05, 0.1) is 11.3 Å². The Morgan fingerprint density at radius 3 is 2.61 bits per heavy atom. The molecule has 0 radical (unpaired) electrons. The first-order valence-corrected chi connectivity index (χ1v) is 11.1. The number of benzene rings is 1. The van der Waals surface area contributed by atoms with Gasteiger partial charge in [-0.15, -0.1) is 0 Å². The maximum absolute atomic E-state index is 14.7. The van der Waals surface area contributed by atoms with Gasteiger partial charge in [-0.3, -0.25) is 9.59 Å². The predicted molar refractivity (Wildman–Crippen MR) is 121 cm³/mol. The van der Waals surface area contributed by atoms with Crippen molar-refractivity contribution in [2.24, 2.45) is 5.41 Å². The fourth-order valence-corrected chi connectivity index (χ4v) is 4.16. The monoisotopic (exact) mass is 493 g/mol. The summed E-state index contributed by atoms with van der Waals surface area (Å²) in [5, 5.41) is 5.46. The number of imidazole rings is 1. The maximum Gasteiger partial charge on any atom is 0.272 e. The van der Waals surface area contributed by atoms with Crippen molar-refractivity contribution in [1.82, 2.24) is 25.1 Å². The minimum atomic E-state index is -0.739. The van der Waals surface area contributed by atoms with Gasteiger partial charge in [0.15, 0.2) is 5.69 Å². The number of hydrogen-bond acceptors (Lipinski definition) is 4. The van der Waals surface area contributed by atoms with E-state index in [0.717, 1.165) is 23.1 Å². The molecular weight excluding hydrogens is 465 g/mol. The highest BCUT2D eigenvalue weighted by Gasteiger charge is 2.35. The number of fused-ring (bicyclic) bond motifs is 1. The molecule has 1 aromatic heterocycles. The van der Waals surface area contributed by atoms with Crippen LogP contribution in [0.25, 0.3) is 11.4 Å². The van der Waals surface area contributed by atoms with Gasteiger partial charge >= 0.3 is 0 Å². The average Bonchev–Trinajstić information content (AvgIpc) is 2.92. The zero-order valence-corrected chi connectivity index (χ0v) is 20.1. The van der Waals surface area contributed by atoms with Crippen LogP contribution in [-0.2, 0) is 17.9 Å². The molecule has 1 aliphatic rings. The van der Waals surface area contributed by atoms with Gasteiger partial charge < -0.3 is 20.1 Å². The summed E-state index contributed by atoms with van der Waals surface area (Å²) in [6.45, 7) is 7.64. The number of carbonyl (C=O) groups is 2. The fraction of sp³-hybridized carbons (Fsp3) is 0.500. The number of hydrogen-bond donors (Lipinski definition) is 2. The first-order chi connectivity index (χ1) is 14.5. The largest absolute Gasteiger partial charge is 0.357 e. The van der Waals surface area contributed by atoms with E-state index in [1.54, 1.807) is 19.2 Å². The van der Waals surface area contributed by atoms with Crippen LogP contribution in [0.1, 0.15) is 43.4 Å². The van der Waals surface area contributed by atoms with Crippen LogP contribution in [0.3, 0.4) is 0 Å². The van der Waals surface area contributed by atoms with Gasteiger partial charge in [0.1, 0.15) is 17.7 Å². The summed E-state index contributed by atoms with van der Waals surface area (Å²) in [7, 11) is 3.52. The highest BCUT2D eigenvalue weighted by atomic mass is 79.9. The summed E-state index contributed by atoms with van der Waals surface area (Å²) in [6, 6.07) is 3.94. The Hall–Kier alpha value is -2.26. The lowest BCUT2D eigenvalue weighted by atomic mass is 9.86. The average molecular weight is 494 g/mol. The number of rotatable bonds is 4. The molecule has 7 nitrogen and oxygen atoms in total. The molecule has 31 heavy (non-hydrogen) atoms. The molecule has 0 saturated carbocycles. The van der Waals surface area contributed by atoms with E-state index in [0.29, 0.717) is 24.5 Å². The zero-order chi connectivity index (χ0) is 22.9. The van der Waals surface area contributed by atoms with Gasteiger partial charge in [0, 0.05) is 24.6 Å². The van der Waals surface area contributed by atoms with Crippen LogP contribution in [0.2, 0.25) is 0 Å². The molecule has 2 aromatic rings. The van der Waals surface area contributed by atoms with E-state index in [4.69, 9.17) is 0 Å². The van der Waals surface area contributed by atoms with E-state index < -0.39 is 23.2 Å². The summed E-state index contributed by atoms with van der Waals surface area (Å²) >= 11 is 3.39.